The van der Waals surface area contributed by atoms with Crippen LogP contribution in [0.25, 0.3) is 0 Å². The molecule has 0 aliphatic carbocycles. The summed E-state index contributed by atoms with van der Waals surface area (Å²) in [4.78, 5) is 8.02. The van der Waals surface area contributed by atoms with Crippen molar-refractivity contribution in [3.05, 3.63) is 45.9 Å². The molecule has 3 heterocycles. The van der Waals surface area contributed by atoms with E-state index in [0.717, 1.165) is 25.2 Å². The first-order valence-corrected chi connectivity index (χ1v) is 6.72. The van der Waals surface area contributed by atoms with E-state index in [0.29, 0.717) is 5.69 Å². The lowest BCUT2D eigenvalue weighted by atomic mass is 10.1. The second kappa shape index (κ2) is 4.42. The Labute approximate surface area is 110 Å². The molecule has 0 fully saturated rings. The molecule has 18 heavy (non-hydrogen) atoms. The van der Waals surface area contributed by atoms with Crippen LogP contribution in [0, 0.1) is 5.41 Å². The lowest BCUT2D eigenvalue weighted by Crippen LogP contribution is -2.29. The highest BCUT2D eigenvalue weighted by Gasteiger charge is 2.17. The summed E-state index contributed by atoms with van der Waals surface area (Å²) < 4.78 is 0. The lowest BCUT2D eigenvalue weighted by Gasteiger charge is -2.28. The molecule has 1 aliphatic rings. The molecule has 3 rings (SSSR count). The van der Waals surface area contributed by atoms with E-state index in [9.17, 15) is 0 Å². The molecule has 5 heteroatoms. The molecular formula is C13H14N4S. The Balaban J connectivity index is 1.82. The summed E-state index contributed by atoms with van der Waals surface area (Å²) in [5.74, 6) is 0.0142. The Morgan fingerprint density at radius 2 is 2.28 bits per heavy atom. The van der Waals surface area contributed by atoms with E-state index in [-0.39, 0.29) is 5.84 Å². The number of aromatic nitrogens is 1. The predicted octanol–water partition coefficient (Wildman–Crippen LogP) is 1.99. The minimum Gasteiger partial charge on any atom is -0.382 e. The number of hydrogen-bond donors (Lipinski definition) is 2. The molecule has 0 spiro atoms. The Bertz CT molecular complexity index is 573. The highest BCUT2D eigenvalue weighted by molar-refractivity contribution is 7.10. The van der Waals surface area contributed by atoms with Crippen molar-refractivity contribution in [1.82, 2.24) is 4.98 Å². The second-order valence-corrected chi connectivity index (χ2v) is 5.36. The minimum atomic E-state index is 0.0142. The molecule has 0 saturated carbocycles. The molecule has 4 nitrogen and oxygen atoms in total. The largest absolute Gasteiger partial charge is 0.382 e. The van der Waals surface area contributed by atoms with Crippen LogP contribution < -0.4 is 10.6 Å². The molecule has 3 N–H and O–H groups in total. The first-order valence-electron chi connectivity index (χ1n) is 5.84. The number of nitrogen functional groups attached to an aromatic ring is 1. The van der Waals surface area contributed by atoms with Crippen molar-refractivity contribution < 1.29 is 0 Å². The smallest absolute Gasteiger partial charge is 0.141 e. The fourth-order valence-electron chi connectivity index (χ4n) is 2.20. The zero-order valence-corrected chi connectivity index (χ0v) is 10.7. The normalized spacial score (nSPS) is 14.3. The Morgan fingerprint density at radius 3 is 3.00 bits per heavy atom. The molecular weight excluding hydrogens is 244 g/mol. The van der Waals surface area contributed by atoms with Crippen molar-refractivity contribution in [3.8, 4) is 0 Å². The van der Waals surface area contributed by atoms with Gasteiger partial charge >= 0.3 is 0 Å². The zero-order valence-electron chi connectivity index (χ0n) is 9.89. The summed E-state index contributed by atoms with van der Waals surface area (Å²) in [6.45, 7) is 1.97. The number of nitrogens with two attached hydrogens (primary N) is 1. The number of thiophene rings is 1. The first-order chi connectivity index (χ1) is 8.74. The highest BCUT2D eigenvalue weighted by atomic mass is 32.1. The molecule has 0 bridgehead atoms. The van der Waals surface area contributed by atoms with Gasteiger partial charge in [-0.2, -0.15) is 0 Å². The second-order valence-electron chi connectivity index (χ2n) is 4.36. The summed E-state index contributed by atoms with van der Waals surface area (Å²) in [5, 5.41) is 9.49. The Morgan fingerprint density at radius 1 is 1.39 bits per heavy atom. The van der Waals surface area contributed by atoms with Crippen LogP contribution in [0.15, 0.2) is 29.8 Å². The van der Waals surface area contributed by atoms with Gasteiger partial charge in [0.15, 0.2) is 0 Å². The summed E-state index contributed by atoms with van der Waals surface area (Å²) in [6, 6.07) is 5.99. The summed E-state index contributed by atoms with van der Waals surface area (Å²) >= 11 is 1.84. The average molecular weight is 258 g/mol. The lowest BCUT2D eigenvalue weighted by molar-refractivity contribution is 0.742. The molecule has 1 aliphatic heterocycles. The number of nitrogens with one attached hydrogen (secondary N) is 1. The SMILES string of the molecule is N=C(N)c1ccc(N2CCc3sccc3C2)cn1. The van der Waals surface area contributed by atoms with E-state index in [2.05, 4.69) is 21.3 Å². The molecule has 0 atom stereocenters. The van der Waals surface area contributed by atoms with Crippen molar-refractivity contribution in [3.63, 3.8) is 0 Å². The number of amidine groups is 1. The van der Waals surface area contributed by atoms with Gasteiger partial charge < -0.3 is 10.6 Å². The van der Waals surface area contributed by atoms with E-state index in [1.54, 1.807) is 12.3 Å². The van der Waals surface area contributed by atoms with Gasteiger partial charge in [0.25, 0.3) is 0 Å². The van der Waals surface area contributed by atoms with E-state index in [4.69, 9.17) is 11.1 Å². The van der Waals surface area contributed by atoms with Crippen molar-refractivity contribution in [2.75, 3.05) is 11.4 Å². The molecule has 0 unspecified atom stereocenters. The number of anilines is 1. The predicted molar refractivity (Wildman–Crippen MR) is 74.3 cm³/mol. The van der Waals surface area contributed by atoms with Crippen molar-refractivity contribution >= 4 is 22.9 Å². The maximum Gasteiger partial charge on any atom is 0.141 e. The van der Waals surface area contributed by atoms with Crippen LogP contribution in [0.5, 0.6) is 0 Å². The number of fused-ring (bicyclic) bond motifs is 1. The van der Waals surface area contributed by atoms with Crippen LogP contribution in [0.2, 0.25) is 0 Å². The Hall–Kier alpha value is -1.88. The summed E-state index contributed by atoms with van der Waals surface area (Å²) in [5.41, 5.74) is 8.45. The molecule has 2 aromatic heterocycles. The van der Waals surface area contributed by atoms with Crippen LogP contribution in [0.3, 0.4) is 0 Å². The zero-order chi connectivity index (χ0) is 12.5. The maximum absolute atomic E-state index is 7.33. The summed E-state index contributed by atoms with van der Waals surface area (Å²) in [6.07, 6.45) is 2.90. The number of nitrogens with zero attached hydrogens (tertiary/aromatic N) is 2. The molecule has 0 saturated heterocycles. The number of rotatable bonds is 2. The van der Waals surface area contributed by atoms with Gasteiger partial charge in [0, 0.05) is 18.0 Å². The molecule has 92 valence electrons. The third-order valence-corrected chi connectivity index (χ3v) is 4.22. The fraction of sp³-hybridized carbons (Fsp3) is 0.231. The van der Waals surface area contributed by atoms with Crippen molar-refractivity contribution in [2.45, 2.75) is 13.0 Å². The molecule has 0 radical (unpaired) electrons. The van der Waals surface area contributed by atoms with Gasteiger partial charge in [-0.05, 0) is 35.6 Å². The third-order valence-electron chi connectivity index (χ3n) is 3.20. The quantitative estimate of drug-likeness (QED) is 0.639. The van der Waals surface area contributed by atoms with Gasteiger partial charge in [0.2, 0.25) is 0 Å². The average Bonchev–Trinajstić information content (AvgIpc) is 2.86. The van der Waals surface area contributed by atoms with Crippen molar-refractivity contribution in [1.29, 1.82) is 5.41 Å². The van der Waals surface area contributed by atoms with Gasteiger partial charge in [-0.15, -0.1) is 11.3 Å². The van der Waals surface area contributed by atoms with Gasteiger partial charge in [0.05, 0.1) is 11.9 Å². The standard InChI is InChI=1S/C13H14N4S/c14-13(15)11-2-1-10(7-16-11)17-5-3-12-9(8-17)4-6-18-12/h1-2,4,6-7H,3,5,8H2,(H3,14,15). The monoisotopic (exact) mass is 258 g/mol. The van der Waals surface area contributed by atoms with E-state index in [1.807, 2.05) is 17.4 Å². The number of hydrogen-bond acceptors (Lipinski definition) is 4. The topological polar surface area (TPSA) is 66.0 Å². The van der Waals surface area contributed by atoms with Crippen molar-refractivity contribution in [2.24, 2.45) is 5.73 Å². The summed E-state index contributed by atoms with van der Waals surface area (Å²) in [7, 11) is 0. The highest BCUT2D eigenvalue weighted by Crippen LogP contribution is 2.27. The minimum absolute atomic E-state index is 0.0142. The third kappa shape index (κ3) is 1.97. The van der Waals surface area contributed by atoms with E-state index < -0.39 is 0 Å². The van der Waals surface area contributed by atoms with Gasteiger partial charge in [-0.1, -0.05) is 0 Å². The maximum atomic E-state index is 7.33. The van der Waals surface area contributed by atoms with Gasteiger partial charge in [-0.3, -0.25) is 10.4 Å². The van der Waals surface area contributed by atoms with Crippen LogP contribution in [0.1, 0.15) is 16.1 Å². The molecule has 0 amide bonds. The van der Waals surface area contributed by atoms with Crippen LogP contribution in [-0.2, 0) is 13.0 Å². The van der Waals surface area contributed by atoms with Gasteiger partial charge in [0.1, 0.15) is 11.5 Å². The first kappa shape index (κ1) is 11.2. The van der Waals surface area contributed by atoms with E-state index in [1.165, 1.54) is 10.4 Å². The van der Waals surface area contributed by atoms with Crippen LogP contribution >= 0.6 is 11.3 Å². The molecule has 0 aromatic carbocycles. The van der Waals surface area contributed by atoms with E-state index >= 15 is 0 Å². The fourth-order valence-corrected chi connectivity index (χ4v) is 3.09. The molecule has 2 aromatic rings. The van der Waals surface area contributed by atoms with Gasteiger partial charge in [-0.25, -0.2) is 0 Å². The number of pyridine rings is 1. The van der Waals surface area contributed by atoms with Crippen LogP contribution in [0.4, 0.5) is 5.69 Å². The van der Waals surface area contributed by atoms with Crippen LogP contribution in [-0.4, -0.2) is 17.4 Å². The Kier molecular flexibility index (Phi) is 2.76.